The highest BCUT2D eigenvalue weighted by Gasteiger charge is 1.94. The second-order valence-electron chi connectivity index (χ2n) is 1.93. The Morgan fingerprint density at radius 2 is 2.40 bits per heavy atom. The van der Waals surface area contributed by atoms with E-state index in [4.69, 9.17) is 4.84 Å². The molecule has 10 heavy (non-hydrogen) atoms. The van der Waals surface area contributed by atoms with Crippen LogP contribution >= 0.6 is 11.3 Å². The Kier molecular flexibility index (Phi) is 2.71. The summed E-state index contributed by atoms with van der Waals surface area (Å²) in [6, 6.07) is 4.12. The molecule has 3 heteroatoms. The molecule has 1 N–H and O–H groups in total. The third kappa shape index (κ3) is 1.72. The molecule has 1 aromatic heterocycles. The highest BCUT2D eigenvalue weighted by Crippen LogP contribution is 2.21. The van der Waals surface area contributed by atoms with E-state index in [9.17, 15) is 0 Å². The molecule has 0 saturated heterocycles. The van der Waals surface area contributed by atoms with Gasteiger partial charge in [0.05, 0.1) is 7.11 Å². The zero-order valence-corrected chi connectivity index (χ0v) is 6.99. The average Bonchev–Trinajstić information content (AvgIpc) is 2.37. The van der Waals surface area contributed by atoms with Gasteiger partial charge in [-0.25, -0.2) is 0 Å². The van der Waals surface area contributed by atoms with Gasteiger partial charge in [0.15, 0.2) is 0 Å². The van der Waals surface area contributed by atoms with Gasteiger partial charge < -0.3 is 0 Å². The quantitative estimate of drug-likeness (QED) is 0.680. The number of aryl methyl sites for hydroxylation is 1. The molecular formula is C7H11NOS. The van der Waals surface area contributed by atoms with Gasteiger partial charge in [0.1, 0.15) is 5.00 Å². The van der Waals surface area contributed by atoms with Crippen LogP contribution in [0.1, 0.15) is 11.8 Å². The van der Waals surface area contributed by atoms with Crippen LogP contribution in [-0.2, 0) is 11.3 Å². The summed E-state index contributed by atoms with van der Waals surface area (Å²) in [6.45, 7) is 2.14. The second kappa shape index (κ2) is 3.58. The maximum Gasteiger partial charge on any atom is 0.113 e. The molecule has 1 rings (SSSR count). The molecule has 2 nitrogen and oxygen atoms in total. The van der Waals surface area contributed by atoms with Crippen molar-refractivity contribution in [1.82, 2.24) is 0 Å². The van der Waals surface area contributed by atoms with E-state index < -0.39 is 0 Å². The van der Waals surface area contributed by atoms with Crippen LogP contribution in [-0.4, -0.2) is 7.11 Å². The summed E-state index contributed by atoms with van der Waals surface area (Å²) in [5.74, 6) is 0. The van der Waals surface area contributed by atoms with Crippen molar-refractivity contribution in [3.63, 3.8) is 0 Å². The summed E-state index contributed by atoms with van der Waals surface area (Å²) in [7, 11) is 1.62. The minimum Gasteiger partial charge on any atom is -0.279 e. The zero-order valence-electron chi connectivity index (χ0n) is 6.18. The van der Waals surface area contributed by atoms with Crippen molar-refractivity contribution in [3.8, 4) is 0 Å². The van der Waals surface area contributed by atoms with Gasteiger partial charge >= 0.3 is 0 Å². The number of hydrogen-bond donors (Lipinski definition) is 1. The van der Waals surface area contributed by atoms with Crippen LogP contribution in [0.3, 0.4) is 0 Å². The number of hydrogen-bond acceptors (Lipinski definition) is 3. The minimum atomic E-state index is 1.07. The Morgan fingerprint density at radius 3 is 2.90 bits per heavy atom. The van der Waals surface area contributed by atoms with E-state index in [1.807, 2.05) is 6.07 Å². The molecule has 0 fully saturated rings. The number of anilines is 1. The first kappa shape index (κ1) is 7.57. The standard InChI is InChI=1S/C7H11NOS/c1-3-6-4-5-7(10-6)8-9-2/h4-5,8H,3H2,1-2H3. The summed E-state index contributed by atoms with van der Waals surface area (Å²) in [6.07, 6.45) is 1.09. The van der Waals surface area contributed by atoms with E-state index >= 15 is 0 Å². The predicted octanol–water partition coefficient (Wildman–Crippen LogP) is 2.28. The molecule has 0 aliphatic heterocycles. The summed E-state index contributed by atoms with van der Waals surface area (Å²) in [4.78, 5) is 6.12. The molecule has 0 saturated carbocycles. The molecule has 0 bridgehead atoms. The molecule has 56 valence electrons. The molecule has 0 aromatic carbocycles. The summed E-state index contributed by atoms with van der Waals surface area (Å²) < 4.78 is 0. The Labute approximate surface area is 64.8 Å². The van der Waals surface area contributed by atoms with Gasteiger partial charge in [0.2, 0.25) is 0 Å². The summed E-state index contributed by atoms with van der Waals surface area (Å²) in [5, 5.41) is 1.07. The van der Waals surface area contributed by atoms with E-state index in [-0.39, 0.29) is 0 Å². The molecule has 1 heterocycles. The van der Waals surface area contributed by atoms with Gasteiger partial charge in [-0.05, 0) is 18.6 Å². The predicted molar refractivity (Wildman–Crippen MR) is 44.3 cm³/mol. The van der Waals surface area contributed by atoms with Crippen LogP contribution in [0.5, 0.6) is 0 Å². The lowest BCUT2D eigenvalue weighted by Gasteiger charge is -1.95. The average molecular weight is 157 g/mol. The molecule has 0 spiro atoms. The van der Waals surface area contributed by atoms with Crippen molar-refractivity contribution < 1.29 is 4.84 Å². The van der Waals surface area contributed by atoms with Crippen molar-refractivity contribution in [2.24, 2.45) is 0 Å². The molecule has 1 aromatic rings. The number of thiophene rings is 1. The first-order valence-corrected chi connectivity index (χ1v) is 4.06. The molecule has 0 amide bonds. The number of nitrogens with one attached hydrogen (secondary N) is 1. The van der Waals surface area contributed by atoms with Gasteiger partial charge in [-0.1, -0.05) is 6.92 Å². The summed E-state index contributed by atoms with van der Waals surface area (Å²) in [5.41, 5.74) is 2.78. The largest absolute Gasteiger partial charge is 0.279 e. The smallest absolute Gasteiger partial charge is 0.113 e. The van der Waals surface area contributed by atoms with Gasteiger partial charge in [0.25, 0.3) is 0 Å². The van der Waals surface area contributed by atoms with Crippen LogP contribution in [0, 0.1) is 0 Å². The van der Waals surface area contributed by atoms with Crippen molar-refractivity contribution in [2.75, 3.05) is 12.6 Å². The zero-order chi connectivity index (χ0) is 7.40. The van der Waals surface area contributed by atoms with E-state index in [1.54, 1.807) is 18.4 Å². The topological polar surface area (TPSA) is 21.3 Å². The maximum atomic E-state index is 4.75. The fourth-order valence-corrected chi connectivity index (χ4v) is 1.55. The fourth-order valence-electron chi connectivity index (χ4n) is 0.723. The third-order valence-electron chi connectivity index (χ3n) is 1.21. The van der Waals surface area contributed by atoms with E-state index in [0.29, 0.717) is 0 Å². The van der Waals surface area contributed by atoms with E-state index in [1.165, 1.54) is 4.88 Å². The molecule has 0 unspecified atom stereocenters. The third-order valence-corrected chi connectivity index (χ3v) is 2.34. The lowest BCUT2D eigenvalue weighted by atomic mass is 10.4. The van der Waals surface area contributed by atoms with Crippen molar-refractivity contribution in [2.45, 2.75) is 13.3 Å². The Bertz CT molecular complexity index is 197. The molecular weight excluding hydrogens is 146 g/mol. The highest BCUT2D eigenvalue weighted by molar-refractivity contribution is 7.16. The molecule has 0 radical (unpaired) electrons. The Balaban J connectivity index is 2.59. The fraction of sp³-hybridized carbons (Fsp3) is 0.429. The van der Waals surface area contributed by atoms with Gasteiger partial charge in [-0.15, -0.1) is 11.3 Å². The molecule has 0 atom stereocenters. The SMILES string of the molecule is CCc1ccc(NOC)s1. The van der Waals surface area contributed by atoms with E-state index in [2.05, 4.69) is 18.5 Å². The normalized spacial score (nSPS) is 9.80. The minimum absolute atomic E-state index is 1.07. The first-order chi connectivity index (χ1) is 4.86. The van der Waals surface area contributed by atoms with Crippen molar-refractivity contribution >= 4 is 16.3 Å². The van der Waals surface area contributed by atoms with Gasteiger partial charge in [-0.3, -0.25) is 10.3 Å². The van der Waals surface area contributed by atoms with E-state index in [0.717, 1.165) is 11.4 Å². The second-order valence-corrected chi connectivity index (χ2v) is 3.09. The van der Waals surface area contributed by atoms with Gasteiger partial charge in [0, 0.05) is 4.88 Å². The maximum absolute atomic E-state index is 4.75. The van der Waals surface area contributed by atoms with Crippen LogP contribution in [0.4, 0.5) is 5.00 Å². The van der Waals surface area contributed by atoms with Crippen LogP contribution in [0.15, 0.2) is 12.1 Å². The van der Waals surface area contributed by atoms with Crippen LogP contribution < -0.4 is 5.48 Å². The Morgan fingerprint density at radius 1 is 1.60 bits per heavy atom. The van der Waals surface area contributed by atoms with Crippen molar-refractivity contribution in [3.05, 3.63) is 17.0 Å². The lowest BCUT2D eigenvalue weighted by molar-refractivity contribution is 0.272. The summed E-state index contributed by atoms with van der Waals surface area (Å²) >= 11 is 1.72. The van der Waals surface area contributed by atoms with Crippen LogP contribution in [0.25, 0.3) is 0 Å². The molecule has 0 aliphatic rings. The first-order valence-electron chi connectivity index (χ1n) is 3.24. The molecule has 0 aliphatic carbocycles. The van der Waals surface area contributed by atoms with Gasteiger partial charge in [-0.2, -0.15) is 0 Å². The monoisotopic (exact) mass is 157 g/mol. The highest BCUT2D eigenvalue weighted by atomic mass is 32.1. The lowest BCUT2D eigenvalue weighted by Crippen LogP contribution is -1.91. The number of rotatable bonds is 3. The van der Waals surface area contributed by atoms with Crippen LogP contribution in [0.2, 0.25) is 0 Å². The Hall–Kier alpha value is -0.540. The van der Waals surface area contributed by atoms with Crippen molar-refractivity contribution in [1.29, 1.82) is 0 Å².